The van der Waals surface area contributed by atoms with Crippen LogP contribution in [0.15, 0.2) is 28.7 Å². The third-order valence-corrected chi connectivity index (χ3v) is 3.31. The molecule has 5 heteroatoms. The Morgan fingerprint density at radius 2 is 2.39 bits per heavy atom. The van der Waals surface area contributed by atoms with E-state index in [-0.39, 0.29) is 5.91 Å². The number of carbonyl (C=O) groups excluding carboxylic acids is 1. The SMILES string of the molecule is O=C(CNC1CCCOC1)Nc1cccc(Br)c1. The molecule has 0 spiro atoms. The summed E-state index contributed by atoms with van der Waals surface area (Å²) >= 11 is 3.37. The molecule has 0 bridgehead atoms. The van der Waals surface area contributed by atoms with E-state index in [4.69, 9.17) is 4.74 Å². The van der Waals surface area contributed by atoms with Gasteiger partial charge in [0, 0.05) is 22.8 Å². The number of anilines is 1. The van der Waals surface area contributed by atoms with E-state index in [0.29, 0.717) is 19.2 Å². The molecule has 98 valence electrons. The number of benzene rings is 1. The van der Waals surface area contributed by atoms with E-state index in [9.17, 15) is 4.79 Å². The molecule has 2 N–H and O–H groups in total. The molecule has 1 saturated heterocycles. The van der Waals surface area contributed by atoms with E-state index in [1.165, 1.54) is 0 Å². The van der Waals surface area contributed by atoms with Crippen molar-refractivity contribution in [1.29, 1.82) is 0 Å². The van der Waals surface area contributed by atoms with Gasteiger partial charge in [-0.25, -0.2) is 0 Å². The van der Waals surface area contributed by atoms with Crippen LogP contribution >= 0.6 is 15.9 Å². The van der Waals surface area contributed by atoms with E-state index in [1.807, 2.05) is 24.3 Å². The lowest BCUT2D eigenvalue weighted by atomic mass is 10.1. The first-order valence-electron chi connectivity index (χ1n) is 6.10. The number of halogens is 1. The average molecular weight is 313 g/mol. The van der Waals surface area contributed by atoms with Crippen LogP contribution in [-0.2, 0) is 9.53 Å². The van der Waals surface area contributed by atoms with Gasteiger partial charge in [0.15, 0.2) is 0 Å². The maximum absolute atomic E-state index is 11.7. The van der Waals surface area contributed by atoms with Gasteiger partial charge in [0.05, 0.1) is 13.2 Å². The highest BCUT2D eigenvalue weighted by atomic mass is 79.9. The Labute approximate surface area is 115 Å². The number of amides is 1. The molecule has 1 aromatic rings. The van der Waals surface area contributed by atoms with Crippen LogP contribution in [0.3, 0.4) is 0 Å². The van der Waals surface area contributed by atoms with Gasteiger partial charge in [-0.3, -0.25) is 4.79 Å². The van der Waals surface area contributed by atoms with Crippen LogP contribution in [0.5, 0.6) is 0 Å². The Morgan fingerprint density at radius 1 is 1.50 bits per heavy atom. The molecule has 0 aromatic heterocycles. The van der Waals surface area contributed by atoms with Crippen LogP contribution in [-0.4, -0.2) is 31.7 Å². The van der Waals surface area contributed by atoms with E-state index in [2.05, 4.69) is 26.6 Å². The van der Waals surface area contributed by atoms with Crippen molar-refractivity contribution in [3.05, 3.63) is 28.7 Å². The minimum Gasteiger partial charge on any atom is -0.380 e. The van der Waals surface area contributed by atoms with E-state index >= 15 is 0 Å². The summed E-state index contributed by atoms with van der Waals surface area (Å²) in [5, 5.41) is 6.06. The monoisotopic (exact) mass is 312 g/mol. The lowest BCUT2D eigenvalue weighted by Gasteiger charge is -2.22. The number of rotatable bonds is 4. The van der Waals surface area contributed by atoms with Gasteiger partial charge < -0.3 is 15.4 Å². The summed E-state index contributed by atoms with van der Waals surface area (Å²) < 4.78 is 6.30. The van der Waals surface area contributed by atoms with Crippen LogP contribution < -0.4 is 10.6 Å². The van der Waals surface area contributed by atoms with Gasteiger partial charge in [0.1, 0.15) is 0 Å². The van der Waals surface area contributed by atoms with E-state index in [1.54, 1.807) is 0 Å². The molecule has 2 rings (SSSR count). The molecule has 0 saturated carbocycles. The van der Waals surface area contributed by atoms with Crippen molar-refractivity contribution in [3.8, 4) is 0 Å². The molecule has 1 aliphatic heterocycles. The predicted molar refractivity (Wildman–Crippen MR) is 74.6 cm³/mol. The molecular formula is C13H17BrN2O2. The van der Waals surface area contributed by atoms with Gasteiger partial charge in [-0.2, -0.15) is 0 Å². The largest absolute Gasteiger partial charge is 0.380 e. The highest BCUT2D eigenvalue weighted by Crippen LogP contribution is 2.15. The van der Waals surface area contributed by atoms with Crippen LogP contribution in [0.2, 0.25) is 0 Å². The van der Waals surface area contributed by atoms with E-state index in [0.717, 1.165) is 29.6 Å². The lowest BCUT2D eigenvalue weighted by Crippen LogP contribution is -2.41. The van der Waals surface area contributed by atoms with Crippen molar-refractivity contribution in [2.45, 2.75) is 18.9 Å². The zero-order valence-corrected chi connectivity index (χ0v) is 11.7. The summed E-state index contributed by atoms with van der Waals surface area (Å²) in [5.41, 5.74) is 0.802. The fourth-order valence-electron chi connectivity index (χ4n) is 1.91. The van der Waals surface area contributed by atoms with Gasteiger partial charge in [0.2, 0.25) is 5.91 Å². The molecule has 0 radical (unpaired) electrons. The molecule has 0 aliphatic carbocycles. The number of ether oxygens (including phenoxy) is 1. The molecule has 1 atom stereocenters. The minimum atomic E-state index is -0.0290. The predicted octanol–water partition coefficient (Wildman–Crippen LogP) is 2.16. The average Bonchev–Trinajstić information content (AvgIpc) is 2.38. The number of nitrogens with one attached hydrogen (secondary N) is 2. The summed E-state index contributed by atoms with van der Waals surface area (Å²) in [6.45, 7) is 1.85. The smallest absolute Gasteiger partial charge is 0.238 e. The molecule has 1 unspecified atom stereocenters. The second-order valence-corrected chi connectivity index (χ2v) is 5.27. The van der Waals surface area contributed by atoms with Gasteiger partial charge in [-0.05, 0) is 31.0 Å². The summed E-state index contributed by atoms with van der Waals surface area (Å²) in [6.07, 6.45) is 2.13. The summed E-state index contributed by atoms with van der Waals surface area (Å²) in [7, 11) is 0. The maximum Gasteiger partial charge on any atom is 0.238 e. The Morgan fingerprint density at radius 3 is 3.11 bits per heavy atom. The highest BCUT2D eigenvalue weighted by Gasteiger charge is 2.14. The third-order valence-electron chi connectivity index (χ3n) is 2.82. The first-order chi connectivity index (χ1) is 8.74. The molecular weight excluding hydrogens is 296 g/mol. The molecule has 18 heavy (non-hydrogen) atoms. The van der Waals surface area contributed by atoms with Crippen molar-refractivity contribution in [2.75, 3.05) is 25.1 Å². The number of hydrogen-bond acceptors (Lipinski definition) is 3. The highest BCUT2D eigenvalue weighted by molar-refractivity contribution is 9.10. The molecule has 1 aliphatic rings. The summed E-state index contributed by atoms with van der Waals surface area (Å²) in [4.78, 5) is 11.7. The number of hydrogen-bond donors (Lipinski definition) is 2. The zero-order chi connectivity index (χ0) is 12.8. The van der Waals surface area contributed by atoms with Crippen molar-refractivity contribution in [3.63, 3.8) is 0 Å². The molecule has 1 amide bonds. The molecule has 4 nitrogen and oxygen atoms in total. The molecule has 1 fully saturated rings. The normalized spacial score (nSPS) is 19.5. The second-order valence-electron chi connectivity index (χ2n) is 4.35. The Bertz CT molecular complexity index is 406. The number of carbonyl (C=O) groups is 1. The molecule has 1 aromatic carbocycles. The van der Waals surface area contributed by atoms with Crippen LogP contribution in [0.1, 0.15) is 12.8 Å². The van der Waals surface area contributed by atoms with Crippen LogP contribution in [0.25, 0.3) is 0 Å². The summed E-state index contributed by atoms with van der Waals surface area (Å²) in [6, 6.07) is 7.86. The quantitative estimate of drug-likeness (QED) is 0.895. The van der Waals surface area contributed by atoms with Crippen molar-refractivity contribution in [2.24, 2.45) is 0 Å². The lowest BCUT2D eigenvalue weighted by molar-refractivity contribution is -0.115. The van der Waals surface area contributed by atoms with Crippen molar-refractivity contribution >= 4 is 27.5 Å². The Balaban J connectivity index is 1.74. The standard InChI is InChI=1S/C13H17BrN2O2/c14-10-3-1-4-11(7-10)16-13(17)8-15-12-5-2-6-18-9-12/h1,3-4,7,12,15H,2,5-6,8-9H2,(H,16,17). The third kappa shape index (κ3) is 4.40. The van der Waals surface area contributed by atoms with Crippen molar-refractivity contribution < 1.29 is 9.53 Å². The zero-order valence-electron chi connectivity index (χ0n) is 10.1. The van der Waals surface area contributed by atoms with Crippen molar-refractivity contribution in [1.82, 2.24) is 5.32 Å². The summed E-state index contributed by atoms with van der Waals surface area (Å²) in [5.74, 6) is -0.0290. The Hall–Kier alpha value is -0.910. The fourth-order valence-corrected chi connectivity index (χ4v) is 2.31. The maximum atomic E-state index is 11.7. The first kappa shape index (κ1) is 13.5. The van der Waals surface area contributed by atoms with Gasteiger partial charge in [-0.1, -0.05) is 22.0 Å². The van der Waals surface area contributed by atoms with Crippen LogP contribution in [0, 0.1) is 0 Å². The molecule has 1 heterocycles. The van der Waals surface area contributed by atoms with Gasteiger partial charge in [0.25, 0.3) is 0 Å². The first-order valence-corrected chi connectivity index (χ1v) is 6.90. The van der Waals surface area contributed by atoms with Crippen LogP contribution in [0.4, 0.5) is 5.69 Å². The second kappa shape index (κ2) is 6.87. The fraction of sp³-hybridized carbons (Fsp3) is 0.462. The van der Waals surface area contributed by atoms with E-state index < -0.39 is 0 Å². The van der Waals surface area contributed by atoms with Gasteiger partial charge in [-0.15, -0.1) is 0 Å². The minimum absolute atomic E-state index is 0.0290. The van der Waals surface area contributed by atoms with Gasteiger partial charge >= 0.3 is 0 Å². The topological polar surface area (TPSA) is 50.4 Å². The Kier molecular flexibility index (Phi) is 5.16.